The molecule has 10 heteroatoms. The number of hydrogen-bond acceptors (Lipinski definition) is 6. The fourth-order valence-electron chi connectivity index (χ4n) is 4.16. The number of fused-ring (bicyclic) bond motifs is 1. The highest BCUT2D eigenvalue weighted by Gasteiger charge is 2.33. The third kappa shape index (κ3) is 4.45. The number of methoxy groups -OCH3 is 1. The Hall–Kier alpha value is -2.98. The number of sulfonamides is 1. The highest BCUT2D eigenvalue weighted by Crippen LogP contribution is 2.32. The van der Waals surface area contributed by atoms with Gasteiger partial charge in [0.2, 0.25) is 10.0 Å². The first kappa shape index (κ1) is 23.2. The number of carbonyl (C=O) groups excluding carboxylic acids is 1. The Morgan fingerprint density at radius 3 is 2.70 bits per heavy atom. The average Bonchev–Trinajstić information content (AvgIpc) is 3.22. The molecule has 1 N–H and O–H groups in total. The zero-order valence-electron chi connectivity index (χ0n) is 19.3. The van der Waals surface area contributed by atoms with Gasteiger partial charge in [-0.3, -0.25) is 4.79 Å². The lowest BCUT2D eigenvalue weighted by Gasteiger charge is -2.32. The van der Waals surface area contributed by atoms with Gasteiger partial charge < -0.3 is 10.1 Å². The summed E-state index contributed by atoms with van der Waals surface area (Å²) < 4.78 is 35.5. The molecule has 2 aromatic heterocycles. The van der Waals surface area contributed by atoms with E-state index in [1.807, 2.05) is 25.5 Å². The number of piperidine rings is 1. The van der Waals surface area contributed by atoms with Gasteiger partial charge in [-0.15, -0.1) is 0 Å². The standard InChI is InChI=1S/C23H29N5O4S/c1-15(2)28-22-18(13-25-28)11-19(14-24-22)26-23(29)17-8-9-20(32-4)21(12-17)33(30,31)27-10-6-5-7-16(27)3/h8-9,11-16H,5-7,10H2,1-4H3,(H,26,29). The molecule has 0 saturated carbocycles. The number of ether oxygens (including phenoxy) is 1. The van der Waals surface area contributed by atoms with Crippen molar-refractivity contribution in [2.45, 2.75) is 57.0 Å². The Bertz CT molecular complexity index is 1290. The molecule has 1 aromatic carbocycles. The van der Waals surface area contributed by atoms with Crippen molar-refractivity contribution in [2.24, 2.45) is 0 Å². The predicted molar refractivity (Wildman–Crippen MR) is 126 cm³/mol. The van der Waals surface area contributed by atoms with Crippen LogP contribution in [0.3, 0.4) is 0 Å². The predicted octanol–water partition coefficient (Wildman–Crippen LogP) is 3.84. The SMILES string of the molecule is COc1ccc(C(=O)Nc2cnc3c(cnn3C(C)C)c2)cc1S(=O)(=O)N1CCCCC1C. The summed E-state index contributed by atoms with van der Waals surface area (Å²) in [5, 5.41) is 7.95. The number of carbonyl (C=O) groups is 1. The van der Waals surface area contributed by atoms with Gasteiger partial charge in [0.05, 0.1) is 25.2 Å². The van der Waals surface area contributed by atoms with Crippen molar-refractivity contribution in [1.82, 2.24) is 19.1 Å². The zero-order chi connectivity index (χ0) is 23.8. The van der Waals surface area contributed by atoms with Crippen molar-refractivity contribution in [3.8, 4) is 5.75 Å². The molecule has 3 heterocycles. The van der Waals surface area contributed by atoms with Crippen molar-refractivity contribution >= 4 is 32.7 Å². The van der Waals surface area contributed by atoms with Crippen LogP contribution in [-0.2, 0) is 10.0 Å². The second-order valence-corrected chi connectivity index (χ2v) is 10.5. The molecule has 0 aliphatic carbocycles. The van der Waals surface area contributed by atoms with Gasteiger partial charge in [-0.1, -0.05) is 6.42 Å². The van der Waals surface area contributed by atoms with E-state index in [4.69, 9.17) is 4.74 Å². The van der Waals surface area contributed by atoms with Crippen LogP contribution in [0.4, 0.5) is 5.69 Å². The second-order valence-electron chi connectivity index (χ2n) is 8.60. The number of pyridine rings is 1. The summed E-state index contributed by atoms with van der Waals surface area (Å²) in [4.78, 5) is 17.4. The van der Waals surface area contributed by atoms with E-state index < -0.39 is 15.9 Å². The molecule has 33 heavy (non-hydrogen) atoms. The number of benzene rings is 1. The van der Waals surface area contributed by atoms with E-state index in [1.54, 1.807) is 24.5 Å². The molecule has 3 aromatic rings. The smallest absolute Gasteiger partial charge is 0.255 e. The van der Waals surface area contributed by atoms with Crippen molar-refractivity contribution in [3.05, 3.63) is 42.2 Å². The van der Waals surface area contributed by atoms with Crippen LogP contribution in [0.25, 0.3) is 11.0 Å². The van der Waals surface area contributed by atoms with E-state index >= 15 is 0 Å². The molecule has 0 spiro atoms. The molecule has 1 saturated heterocycles. The first-order chi connectivity index (χ1) is 15.7. The van der Waals surface area contributed by atoms with Crippen LogP contribution in [0.5, 0.6) is 5.75 Å². The minimum atomic E-state index is -3.81. The largest absolute Gasteiger partial charge is 0.495 e. The zero-order valence-corrected chi connectivity index (χ0v) is 20.1. The summed E-state index contributed by atoms with van der Waals surface area (Å²) >= 11 is 0. The summed E-state index contributed by atoms with van der Waals surface area (Å²) in [5.41, 5.74) is 1.45. The minimum Gasteiger partial charge on any atom is -0.495 e. The monoisotopic (exact) mass is 471 g/mol. The Morgan fingerprint density at radius 2 is 2.00 bits per heavy atom. The van der Waals surface area contributed by atoms with E-state index in [9.17, 15) is 13.2 Å². The fourth-order valence-corrected chi connectivity index (χ4v) is 6.05. The second kappa shape index (κ2) is 9.11. The van der Waals surface area contributed by atoms with Crippen LogP contribution in [0.15, 0.2) is 41.6 Å². The molecule has 176 valence electrons. The Morgan fingerprint density at radius 1 is 1.21 bits per heavy atom. The van der Waals surface area contributed by atoms with Gasteiger partial charge in [-0.05, 0) is 57.9 Å². The van der Waals surface area contributed by atoms with Crippen LogP contribution in [0.1, 0.15) is 56.4 Å². The number of nitrogens with one attached hydrogen (secondary N) is 1. The van der Waals surface area contributed by atoms with E-state index in [0.717, 1.165) is 30.3 Å². The molecule has 0 radical (unpaired) electrons. The normalized spacial score (nSPS) is 17.4. The number of nitrogens with zero attached hydrogens (tertiary/aromatic N) is 4. The van der Waals surface area contributed by atoms with Gasteiger partial charge in [-0.25, -0.2) is 18.1 Å². The van der Waals surface area contributed by atoms with Gasteiger partial charge in [0, 0.05) is 29.6 Å². The highest BCUT2D eigenvalue weighted by atomic mass is 32.2. The lowest BCUT2D eigenvalue weighted by atomic mass is 10.1. The summed E-state index contributed by atoms with van der Waals surface area (Å²) in [6, 6.07) is 6.31. The maximum Gasteiger partial charge on any atom is 0.255 e. The lowest BCUT2D eigenvalue weighted by molar-refractivity contribution is 0.102. The molecule has 9 nitrogen and oxygen atoms in total. The van der Waals surface area contributed by atoms with E-state index in [-0.39, 0.29) is 28.3 Å². The molecule has 0 bridgehead atoms. The molecule has 1 atom stereocenters. The molecule has 1 amide bonds. The van der Waals surface area contributed by atoms with Crippen LogP contribution in [0, 0.1) is 0 Å². The van der Waals surface area contributed by atoms with Crippen LogP contribution in [0.2, 0.25) is 0 Å². The molecular weight excluding hydrogens is 442 g/mol. The number of aromatic nitrogens is 3. The van der Waals surface area contributed by atoms with Crippen molar-refractivity contribution in [2.75, 3.05) is 19.0 Å². The van der Waals surface area contributed by atoms with E-state index in [2.05, 4.69) is 15.4 Å². The Kier molecular flexibility index (Phi) is 6.40. The van der Waals surface area contributed by atoms with Gasteiger partial charge in [0.1, 0.15) is 10.6 Å². The number of rotatable bonds is 6. The number of hydrogen-bond donors (Lipinski definition) is 1. The lowest BCUT2D eigenvalue weighted by Crippen LogP contribution is -2.42. The van der Waals surface area contributed by atoms with Crippen LogP contribution in [-0.4, -0.2) is 53.1 Å². The van der Waals surface area contributed by atoms with Crippen molar-refractivity contribution < 1.29 is 17.9 Å². The summed E-state index contributed by atoms with van der Waals surface area (Å²) in [6.45, 7) is 6.40. The summed E-state index contributed by atoms with van der Waals surface area (Å²) in [7, 11) is -2.39. The molecule has 1 fully saturated rings. The summed E-state index contributed by atoms with van der Waals surface area (Å²) in [6.07, 6.45) is 5.90. The van der Waals surface area contributed by atoms with Gasteiger partial charge >= 0.3 is 0 Å². The Balaban J connectivity index is 1.63. The van der Waals surface area contributed by atoms with Crippen molar-refractivity contribution in [1.29, 1.82) is 0 Å². The van der Waals surface area contributed by atoms with Gasteiger partial charge in [-0.2, -0.15) is 9.40 Å². The van der Waals surface area contributed by atoms with E-state index in [0.29, 0.717) is 12.2 Å². The van der Waals surface area contributed by atoms with Crippen molar-refractivity contribution in [3.63, 3.8) is 0 Å². The number of anilines is 1. The Labute approximate surface area is 193 Å². The summed E-state index contributed by atoms with van der Waals surface area (Å²) in [5.74, 6) is -0.216. The van der Waals surface area contributed by atoms with Crippen LogP contribution >= 0.6 is 0 Å². The van der Waals surface area contributed by atoms with Gasteiger partial charge in [0.15, 0.2) is 5.65 Å². The molecular formula is C23H29N5O4S. The first-order valence-electron chi connectivity index (χ1n) is 11.1. The first-order valence-corrected chi connectivity index (χ1v) is 12.5. The highest BCUT2D eigenvalue weighted by molar-refractivity contribution is 7.89. The quantitative estimate of drug-likeness (QED) is 0.586. The minimum absolute atomic E-state index is 0.00168. The topological polar surface area (TPSA) is 106 Å². The molecule has 1 aliphatic heterocycles. The van der Waals surface area contributed by atoms with Crippen LogP contribution < -0.4 is 10.1 Å². The van der Waals surface area contributed by atoms with Gasteiger partial charge in [0.25, 0.3) is 5.91 Å². The maximum absolute atomic E-state index is 13.4. The van der Waals surface area contributed by atoms with E-state index in [1.165, 1.54) is 23.5 Å². The number of amides is 1. The fraction of sp³-hybridized carbons (Fsp3) is 0.435. The molecule has 1 unspecified atom stereocenters. The maximum atomic E-state index is 13.4. The third-order valence-corrected chi connectivity index (χ3v) is 7.97. The molecule has 1 aliphatic rings. The molecule has 4 rings (SSSR count). The average molecular weight is 472 g/mol. The third-order valence-electron chi connectivity index (χ3n) is 5.93.